The summed E-state index contributed by atoms with van der Waals surface area (Å²) in [5, 5.41) is 3.27. The minimum absolute atomic E-state index is 0. The van der Waals surface area contributed by atoms with Crippen LogP contribution >= 0.6 is 24.0 Å². The van der Waals surface area contributed by atoms with Gasteiger partial charge in [0.05, 0.1) is 23.3 Å². The van der Waals surface area contributed by atoms with Crippen LogP contribution in [0.3, 0.4) is 0 Å². The molecular weight excluding hydrogens is 384 g/mol. The molecule has 0 spiro atoms. The SMILES string of the molecule is C[C@H]1OCCN[C@@H]1C(=O)N1CCN(C(=O)c2c(F)cccc2Cl)CC1.Cl. The third-order valence-electron chi connectivity index (χ3n) is 4.64. The highest BCUT2D eigenvalue weighted by molar-refractivity contribution is 6.33. The lowest BCUT2D eigenvalue weighted by atomic mass is 10.1. The zero-order valence-electron chi connectivity index (χ0n) is 14.4. The van der Waals surface area contributed by atoms with Crippen molar-refractivity contribution in [3.8, 4) is 0 Å². The second-order valence-corrected chi connectivity index (χ2v) is 6.63. The topological polar surface area (TPSA) is 61.9 Å². The molecule has 0 aliphatic carbocycles. The third-order valence-corrected chi connectivity index (χ3v) is 4.95. The van der Waals surface area contributed by atoms with Crippen LogP contribution in [-0.4, -0.2) is 73.1 Å². The Hall–Kier alpha value is -1.41. The highest BCUT2D eigenvalue weighted by atomic mass is 35.5. The van der Waals surface area contributed by atoms with E-state index in [0.29, 0.717) is 39.3 Å². The van der Waals surface area contributed by atoms with Crippen LogP contribution in [0.2, 0.25) is 5.02 Å². The molecule has 3 rings (SSSR count). The lowest BCUT2D eigenvalue weighted by Crippen LogP contribution is -2.60. The van der Waals surface area contributed by atoms with Gasteiger partial charge in [0.2, 0.25) is 5.91 Å². The summed E-state index contributed by atoms with van der Waals surface area (Å²) in [5.41, 5.74) is -0.111. The average Bonchev–Trinajstić information content (AvgIpc) is 2.61. The molecule has 0 aromatic heterocycles. The van der Waals surface area contributed by atoms with Crippen LogP contribution in [0.5, 0.6) is 0 Å². The van der Waals surface area contributed by atoms with Crippen LogP contribution in [0, 0.1) is 5.82 Å². The number of hydrogen-bond acceptors (Lipinski definition) is 4. The first-order valence-corrected chi connectivity index (χ1v) is 8.74. The second-order valence-electron chi connectivity index (χ2n) is 6.22. The first-order chi connectivity index (χ1) is 12.0. The quantitative estimate of drug-likeness (QED) is 0.810. The Morgan fingerprint density at radius 3 is 2.50 bits per heavy atom. The Balaban J connectivity index is 0.00000243. The van der Waals surface area contributed by atoms with Crippen LogP contribution in [0.4, 0.5) is 4.39 Å². The first-order valence-electron chi connectivity index (χ1n) is 8.36. The van der Waals surface area contributed by atoms with E-state index in [1.807, 2.05) is 6.92 Å². The van der Waals surface area contributed by atoms with Crippen LogP contribution in [0.15, 0.2) is 18.2 Å². The van der Waals surface area contributed by atoms with E-state index in [1.54, 1.807) is 4.90 Å². The predicted molar refractivity (Wildman–Crippen MR) is 98.3 cm³/mol. The summed E-state index contributed by atoms with van der Waals surface area (Å²) in [6.45, 7) is 4.60. The average molecular weight is 406 g/mol. The molecule has 0 bridgehead atoms. The Bertz CT molecular complexity index is 648. The van der Waals surface area contributed by atoms with Gasteiger partial charge in [0.25, 0.3) is 5.91 Å². The maximum absolute atomic E-state index is 13.9. The van der Waals surface area contributed by atoms with Gasteiger partial charge in [-0.15, -0.1) is 12.4 Å². The van der Waals surface area contributed by atoms with Crippen molar-refractivity contribution in [2.24, 2.45) is 0 Å². The van der Waals surface area contributed by atoms with E-state index in [2.05, 4.69) is 5.32 Å². The first kappa shape index (κ1) is 20.9. The molecule has 2 fully saturated rings. The molecule has 2 aliphatic rings. The standard InChI is InChI=1S/C17H21ClFN3O3.ClH/c1-11-15(20-5-10-25-11)17(24)22-8-6-21(7-9-22)16(23)14-12(18)3-2-4-13(14)19;/h2-4,11,15,20H,5-10H2,1H3;1H/t11-,15+;/m1./s1. The normalized spacial score (nSPS) is 23.3. The van der Waals surface area contributed by atoms with Crippen molar-refractivity contribution in [3.05, 3.63) is 34.6 Å². The van der Waals surface area contributed by atoms with Crippen LogP contribution in [0.1, 0.15) is 17.3 Å². The van der Waals surface area contributed by atoms with Gasteiger partial charge in [0.15, 0.2) is 0 Å². The highest BCUT2D eigenvalue weighted by Crippen LogP contribution is 2.21. The minimum atomic E-state index is -0.631. The summed E-state index contributed by atoms with van der Waals surface area (Å²) < 4.78 is 19.4. The van der Waals surface area contributed by atoms with Crippen molar-refractivity contribution < 1.29 is 18.7 Å². The van der Waals surface area contributed by atoms with Crippen LogP contribution < -0.4 is 5.32 Å². The van der Waals surface area contributed by atoms with E-state index in [1.165, 1.54) is 23.1 Å². The number of carbonyl (C=O) groups is 2. The van der Waals surface area contributed by atoms with Gasteiger partial charge in [-0.2, -0.15) is 0 Å². The summed E-state index contributed by atoms with van der Waals surface area (Å²) in [6, 6.07) is 3.81. The van der Waals surface area contributed by atoms with Gasteiger partial charge in [-0.3, -0.25) is 9.59 Å². The Morgan fingerprint density at radius 1 is 1.23 bits per heavy atom. The van der Waals surface area contributed by atoms with Crippen molar-refractivity contribution in [1.82, 2.24) is 15.1 Å². The van der Waals surface area contributed by atoms with E-state index >= 15 is 0 Å². The van der Waals surface area contributed by atoms with Gasteiger partial charge >= 0.3 is 0 Å². The maximum atomic E-state index is 13.9. The number of morpholine rings is 1. The van der Waals surface area contributed by atoms with Gasteiger partial charge in [-0.05, 0) is 19.1 Å². The molecule has 2 aliphatic heterocycles. The Kier molecular flexibility index (Phi) is 7.23. The number of amides is 2. The van der Waals surface area contributed by atoms with Gasteiger partial charge in [-0.25, -0.2) is 4.39 Å². The van der Waals surface area contributed by atoms with Crippen molar-refractivity contribution in [1.29, 1.82) is 0 Å². The number of carbonyl (C=O) groups excluding carboxylic acids is 2. The second kappa shape index (κ2) is 8.99. The molecule has 1 N–H and O–H groups in total. The molecular formula is C17H22Cl2FN3O3. The molecule has 26 heavy (non-hydrogen) atoms. The molecule has 0 saturated carbocycles. The molecule has 144 valence electrons. The summed E-state index contributed by atoms with van der Waals surface area (Å²) in [7, 11) is 0. The molecule has 6 nitrogen and oxygen atoms in total. The molecule has 2 heterocycles. The Labute approximate surface area is 163 Å². The molecule has 0 radical (unpaired) electrons. The summed E-state index contributed by atoms with van der Waals surface area (Å²) in [6.07, 6.45) is -0.182. The Morgan fingerprint density at radius 2 is 1.88 bits per heavy atom. The van der Waals surface area contributed by atoms with E-state index in [0.717, 1.165) is 0 Å². The number of piperazine rings is 1. The fourth-order valence-corrected chi connectivity index (χ4v) is 3.44. The number of benzene rings is 1. The monoisotopic (exact) mass is 405 g/mol. The molecule has 1 aromatic rings. The third kappa shape index (κ3) is 4.28. The van der Waals surface area contributed by atoms with E-state index in [-0.39, 0.29) is 41.0 Å². The molecule has 9 heteroatoms. The van der Waals surface area contributed by atoms with Crippen LogP contribution in [0.25, 0.3) is 0 Å². The number of nitrogens with zero attached hydrogens (tertiary/aromatic N) is 2. The molecule has 0 unspecified atom stereocenters. The summed E-state index contributed by atoms with van der Waals surface area (Å²) >= 11 is 5.97. The number of nitrogens with one attached hydrogen (secondary N) is 1. The summed E-state index contributed by atoms with van der Waals surface area (Å²) in [5.74, 6) is -1.10. The van der Waals surface area contributed by atoms with Crippen LogP contribution in [-0.2, 0) is 9.53 Å². The van der Waals surface area contributed by atoms with Gasteiger partial charge in [0, 0.05) is 32.7 Å². The number of ether oxygens (including phenoxy) is 1. The zero-order valence-corrected chi connectivity index (χ0v) is 16.0. The molecule has 2 saturated heterocycles. The lowest BCUT2D eigenvalue weighted by molar-refractivity contribution is -0.140. The van der Waals surface area contributed by atoms with Gasteiger partial charge in [0.1, 0.15) is 11.9 Å². The minimum Gasteiger partial charge on any atom is -0.375 e. The van der Waals surface area contributed by atoms with Gasteiger partial charge < -0.3 is 19.9 Å². The van der Waals surface area contributed by atoms with E-state index in [9.17, 15) is 14.0 Å². The van der Waals surface area contributed by atoms with E-state index in [4.69, 9.17) is 16.3 Å². The smallest absolute Gasteiger partial charge is 0.258 e. The number of halogens is 3. The molecule has 2 atom stereocenters. The number of hydrogen-bond donors (Lipinski definition) is 1. The van der Waals surface area contributed by atoms with Crippen molar-refractivity contribution in [3.63, 3.8) is 0 Å². The van der Waals surface area contributed by atoms with Crippen molar-refractivity contribution in [2.75, 3.05) is 39.3 Å². The lowest BCUT2D eigenvalue weighted by Gasteiger charge is -2.38. The fraction of sp³-hybridized carbons (Fsp3) is 0.529. The molecule has 2 amide bonds. The fourth-order valence-electron chi connectivity index (χ4n) is 3.20. The van der Waals surface area contributed by atoms with E-state index < -0.39 is 11.7 Å². The number of rotatable bonds is 2. The van der Waals surface area contributed by atoms with Crippen molar-refractivity contribution >= 4 is 35.8 Å². The van der Waals surface area contributed by atoms with Gasteiger partial charge in [-0.1, -0.05) is 17.7 Å². The summed E-state index contributed by atoms with van der Waals surface area (Å²) in [4.78, 5) is 28.4. The maximum Gasteiger partial charge on any atom is 0.258 e. The predicted octanol–water partition coefficient (Wildman–Crippen LogP) is 1.56. The van der Waals surface area contributed by atoms with Crippen molar-refractivity contribution in [2.45, 2.75) is 19.1 Å². The zero-order chi connectivity index (χ0) is 18.0. The largest absolute Gasteiger partial charge is 0.375 e. The highest BCUT2D eigenvalue weighted by Gasteiger charge is 2.34. The molecule has 1 aromatic carbocycles.